The van der Waals surface area contributed by atoms with Crippen molar-refractivity contribution < 1.29 is 27.4 Å². The van der Waals surface area contributed by atoms with Crippen molar-refractivity contribution in [1.82, 2.24) is 0 Å². The van der Waals surface area contributed by atoms with Crippen molar-refractivity contribution >= 4 is 5.97 Å². The van der Waals surface area contributed by atoms with Crippen LogP contribution in [0.4, 0.5) is 13.2 Å². The van der Waals surface area contributed by atoms with Crippen LogP contribution in [-0.4, -0.2) is 24.0 Å². The molecule has 0 N–H and O–H groups in total. The maximum Gasteiger partial charge on any atom is 0.407 e. The summed E-state index contributed by atoms with van der Waals surface area (Å²) in [6, 6.07) is 0. The van der Waals surface area contributed by atoms with E-state index in [9.17, 15) is 18.0 Å². The molecule has 21 heavy (non-hydrogen) atoms. The minimum absolute atomic E-state index is 0.127. The Balaban J connectivity index is 1.72. The Hall–Kier alpha value is -0.780. The van der Waals surface area contributed by atoms with Gasteiger partial charge in [-0.15, -0.1) is 0 Å². The molecule has 0 aromatic rings. The third-order valence-electron chi connectivity index (χ3n) is 6.03. The normalized spacial score (nSPS) is 44.7. The van der Waals surface area contributed by atoms with E-state index >= 15 is 0 Å². The van der Waals surface area contributed by atoms with Gasteiger partial charge >= 0.3 is 12.1 Å². The van der Waals surface area contributed by atoms with Crippen LogP contribution < -0.4 is 0 Å². The highest BCUT2D eigenvalue weighted by Crippen LogP contribution is 2.69. The van der Waals surface area contributed by atoms with Gasteiger partial charge in [0.2, 0.25) is 5.79 Å². The molecule has 0 bridgehead atoms. The lowest BCUT2D eigenvalue weighted by Gasteiger charge is -2.62. The average Bonchev–Trinajstić information content (AvgIpc) is 2.80. The molecule has 4 aliphatic rings. The highest BCUT2D eigenvalue weighted by Gasteiger charge is 2.83. The van der Waals surface area contributed by atoms with Gasteiger partial charge in [0.25, 0.3) is 0 Å². The number of hydrogen-bond donors (Lipinski definition) is 0. The molecule has 6 heteroatoms. The number of esters is 1. The fourth-order valence-electron chi connectivity index (χ4n) is 5.10. The van der Waals surface area contributed by atoms with Crippen LogP contribution in [0, 0.1) is 17.3 Å². The van der Waals surface area contributed by atoms with E-state index in [4.69, 9.17) is 9.47 Å². The maximum atomic E-state index is 13.7. The van der Waals surface area contributed by atoms with Gasteiger partial charge in [-0.2, -0.15) is 13.2 Å². The van der Waals surface area contributed by atoms with Crippen LogP contribution >= 0.6 is 0 Å². The van der Waals surface area contributed by atoms with Gasteiger partial charge < -0.3 is 9.47 Å². The van der Waals surface area contributed by atoms with Gasteiger partial charge in [-0.3, -0.25) is 4.79 Å². The van der Waals surface area contributed by atoms with E-state index in [1.54, 1.807) is 0 Å². The van der Waals surface area contributed by atoms with Crippen molar-refractivity contribution in [3.05, 3.63) is 0 Å². The molecule has 0 aromatic heterocycles. The summed E-state index contributed by atoms with van der Waals surface area (Å²) in [6.07, 6.45) is 0.0711. The molecule has 0 amide bonds. The first-order valence-electron chi connectivity index (χ1n) is 7.89. The lowest BCUT2D eigenvalue weighted by Crippen LogP contribution is -2.76. The third kappa shape index (κ3) is 1.57. The summed E-state index contributed by atoms with van der Waals surface area (Å²) in [4.78, 5) is 12.4. The molecule has 3 nitrogen and oxygen atoms in total. The van der Waals surface area contributed by atoms with Crippen LogP contribution in [0.5, 0.6) is 0 Å². The number of carbonyl (C=O) groups excluding carboxylic acids is 1. The number of hydrogen-bond acceptors (Lipinski definition) is 3. The molecule has 0 aromatic carbocycles. The number of rotatable bonds is 0. The molecule has 118 valence electrons. The van der Waals surface area contributed by atoms with Crippen molar-refractivity contribution in [3.63, 3.8) is 0 Å². The van der Waals surface area contributed by atoms with Crippen molar-refractivity contribution in [1.29, 1.82) is 0 Å². The smallest absolute Gasteiger partial charge is 0.407 e. The lowest BCUT2D eigenvalue weighted by atomic mass is 9.51. The first kappa shape index (κ1) is 13.9. The molecule has 1 saturated heterocycles. The Morgan fingerprint density at radius 2 is 1.76 bits per heavy atom. The summed E-state index contributed by atoms with van der Waals surface area (Å²) in [5.41, 5.74) is -2.39. The zero-order valence-corrected chi connectivity index (χ0v) is 11.7. The van der Waals surface area contributed by atoms with Crippen molar-refractivity contribution in [3.8, 4) is 0 Å². The van der Waals surface area contributed by atoms with Gasteiger partial charge in [0, 0.05) is 12.8 Å². The predicted octanol–water partition coefficient (Wildman–Crippen LogP) is 3.57. The SMILES string of the molecule is O=C1OC2(CCCCC2)O[C@@H]2[C@@H]3CCC[C@@H]3[C@]12C(F)(F)F. The van der Waals surface area contributed by atoms with Crippen LogP contribution in [0.3, 0.4) is 0 Å². The predicted molar refractivity (Wildman–Crippen MR) is 66.1 cm³/mol. The van der Waals surface area contributed by atoms with Crippen LogP contribution in [-0.2, 0) is 14.3 Å². The zero-order chi connectivity index (χ0) is 14.9. The van der Waals surface area contributed by atoms with Crippen molar-refractivity contribution in [2.75, 3.05) is 0 Å². The maximum absolute atomic E-state index is 13.7. The van der Waals surface area contributed by atoms with Crippen LogP contribution in [0.1, 0.15) is 51.4 Å². The summed E-state index contributed by atoms with van der Waals surface area (Å²) in [7, 11) is 0. The summed E-state index contributed by atoms with van der Waals surface area (Å²) in [6.45, 7) is 0. The second-order valence-corrected chi connectivity index (χ2v) is 6.97. The third-order valence-corrected chi connectivity index (χ3v) is 6.03. The summed E-state index contributed by atoms with van der Waals surface area (Å²) in [5.74, 6) is -2.92. The van der Waals surface area contributed by atoms with Crippen molar-refractivity contribution in [2.45, 2.75) is 69.4 Å². The van der Waals surface area contributed by atoms with E-state index in [2.05, 4.69) is 0 Å². The average molecular weight is 304 g/mol. The highest BCUT2D eigenvalue weighted by atomic mass is 19.4. The molecule has 4 fully saturated rings. The molecule has 0 radical (unpaired) electrons. The summed E-state index contributed by atoms with van der Waals surface area (Å²) in [5, 5.41) is 0. The van der Waals surface area contributed by atoms with Gasteiger partial charge in [-0.1, -0.05) is 12.8 Å². The fraction of sp³-hybridized carbons (Fsp3) is 0.933. The fourth-order valence-corrected chi connectivity index (χ4v) is 5.10. The Kier molecular flexibility index (Phi) is 2.74. The van der Waals surface area contributed by atoms with Crippen LogP contribution in [0.25, 0.3) is 0 Å². The van der Waals surface area contributed by atoms with Gasteiger partial charge in [-0.25, -0.2) is 0 Å². The molecule has 3 saturated carbocycles. The van der Waals surface area contributed by atoms with E-state index in [0.29, 0.717) is 19.3 Å². The van der Waals surface area contributed by atoms with Crippen LogP contribution in [0.2, 0.25) is 0 Å². The zero-order valence-electron chi connectivity index (χ0n) is 11.7. The lowest BCUT2D eigenvalue weighted by molar-refractivity contribution is -0.411. The van der Waals surface area contributed by atoms with Gasteiger partial charge in [0.1, 0.15) is 0 Å². The highest BCUT2D eigenvalue weighted by molar-refractivity contribution is 5.82. The first-order valence-corrected chi connectivity index (χ1v) is 7.89. The quantitative estimate of drug-likeness (QED) is 0.642. The van der Waals surface area contributed by atoms with E-state index in [0.717, 1.165) is 32.1 Å². The molecule has 1 heterocycles. The standard InChI is InChI=1S/C15H19F3O3/c16-15(17,18)14-10-6-4-5-9(10)11(14)20-13(21-12(14)19)7-2-1-3-8-13/h9-11H,1-8H2/t9-,10+,11-,14-/m1/s1. The minimum atomic E-state index is -4.59. The van der Waals surface area contributed by atoms with Crippen LogP contribution in [0.15, 0.2) is 0 Å². The molecule has 4 atom stereocenters. The molecular weight excluding hydrogens is 285 g/mol. The second-order valence-electron chi connectivity index (χ2n) is 6.97. The van der Waals surface area contributed by atoms with E-state index in [1.165, 1.54) is 0 Å². The van der Waals surface area contributed by atoms with E-state index in [1.807, 2.05) is 0 Å². The summed E-state index contributed by atoms with van der Waals surface area (Å²) >= 11 is 0. The summed E-state index contributed by atoms with van der Waals surface area (Å²) < 4.78 is 52.2. The first-order chi connectivity index (χ1) is 9.91. The molecule has 4 rings (SSSR count). The molecule has 1 spiro atoms. The Labute approximate surface area is 121 Å². The number of ether oxygens (including phenoxy) is 2. The van der Waals surface area contributed by atoms with Crippen molar-refractivity contribution in [2.24, 2.45) is 17.3 Å². The monoisotopic (exact) mass is 304 g/mol. The largest absolute Gasteiger partial charge is 0.432 e. The number of fused-ring (bicyclic) bond motifs is 4. The molecule has 0 unspecified atom stereocenters. The Morgan fingerprint density at radius 1 is 1.05 bits per heavy atom. The van der Waals surface area contributed by atoms with Gasteiger partial charge in [0.05, 0.1) is 6.10 Å². The number of carbonyl (C=O) groups is 1. The molecule has 3 aliphatic carbocycles. The molecule has 1 aliphatic heterocycles. The van der Waals surface area contributed by atoms with Gasteiger partial charge in [0.15, 0.2) is 5.41 Å². The number of alkyl halides is 3. The Bertz CT molecular complexity index is 469. The number of halogens is 3. The minimum Gasteiger partial charge on any atom is -0.432 e. The second kappa shape index (κ2) is 4.15. The topological polar surface area (TPSA) is 35.5 Å². The van der Waals surface area contributed by atoms with E-state index in [-0.39, 0.29) is 5.92 Å². The van der Waals surface area contributed by atoms with E-state index < -0.39 is 35.4 Å². The van der Waals surface area contributed by atoms with Gasteiger partial charge in [-0.05, 0) is 37.5 Å². The Morgan fingerprint density at radius 3 is 2.43 bits per heavy atom. The molecular formula is C15H19F3O3.